The molecule has 1 amide bonds. The molecule has 5 heteroatoms. The van der Waals surface area contributed by atoms with Gasteiger partial charge in [-0.05, 0) is 17.5 Å². The normalized spacial score (nSPS) is 14.3. The molecule has 0 spiro atoms. The average molecular weight is 332 g/mol. The molecule has 0 unspecified atom stereocenters. The van der Waals surface area contributed by atoms with Gasteiger partial charge < -0.3 is 10.6 Å². The Balaban J connectivity index is 1.76. The van der Waals surface area contributed by atoms with Crippen LogP contribution >= 0.6 is 0 Å². The zero-order valence-corrected chi connectivity index (χ0v) is 14.1. The highest BCUT2D eigenvalue weighted by Gasteiger charge is 2.25. The van der Waals surface area contributed by atoms with Crippen molar-refractivity contribution in [3.63, 3.8) is 0 Å². The molecular weight excluding hydrogens is 312 g/mol. The van der Waals surface area contributed by atoms with E-state index in [1.54, 1.807) is 6.20 Å². The highest BCUT2D eigenvalue weighted by molar-refractivity contribution is 5.96. The molecule has 0 saturated carbocycles. The molecule has 2 aromatic carbocycles. The Hall–Kier alpha value is -2.79. The Bertz CT molecular complexity index is 920. The molecule has 1 aliphatic rings. The highest BCUT2D eigenvalue weighted by atomic mass is 16.2. The lowest BCUT2D eigenvalue weighted by molar-refractivity contribution is -0.121. The summed E-state index contributed by atoms with van der Waals surface area (Å²) >= 11 is 0. The first kappa shape index (κ1) is 15.7. The van der Waals surface area contributed by atoms with E-state index < -0.39 is 0 Å². The molecule has 2 heterocycles. The molecule has 1 saturated heterocycles. The quantitative estimate of drug-likeness (QED) is 0.771. The van der Waals surface area contributed by atoms with Crippen LogP contribution < -0.4 is 10.6 Å². The minimum atomic E-state index is 0.00432. The molecule has 1 fully saturated rings. The molecule has 1 aliphatic heterocycles. The maximum atomic E-state index is 12.2. The molecule has 3 aromatic rings. The van der Waals surface area contributed by atoms with Crippen molar-refractivity contribution in [2.45, 2.75) is 13.3 Å². The summed E-state index contributed by atoms with van der Waals surface area (Å²) in [6, 6.07) is 14.4. The summed E-state index contributed by atoms with van der Waals surface area (Å²) in [5, 5.41) is 6.00. The highest BCUT2D eigenvalue weighted by Crippen LogP contribution is 2.29. The second-order valence-electron chi connectivity index (χ2n) is 6.29. The summed E-state index contributed by atoms with van der Waals surface area (Å²) in [6.45, 7) is 3.56. The van der Waals surface area contributed by atoms with Crippen molar-refractivity contribution >= 4 is 22.8 Å². The van der Waals surface area contributed by atoms with E-state index >= 15 is 0 Å². The number of aryl methyl sites for hydroxylation is 1. The second kappa shape index (κ2) is 6.61. The fourth-order valence-electron chi connectivity index (χ4n) is 3.05. The number of amides is 1. The lowest BCUT2D eigenvalue weighted by Gasteiger charge is -2.25. The van der Waals surface area contributed by atoms with Gasteiger partial charge in [0.2, 0.25) is 5.91 Å². The van der Waals surface area contributed by atoms with Crippen molar-refractivity contribution in [2.24, 2.45) is 5.92 Å². The van der Waals surface area contributed by atoms with Crippen LogP contribution in [0.5, 0.6) is 0 Å². The molecule has 0 bridgehead atoms. The van der Waals surface area contributed by atoms with Gasteiger partial charge in [0.1, 0.15) is 0 Å². The molecule has 4 rings (SSSR count). The number of hydrogen-bond acceptors (Lipinski definition) is 4. The first-order valence-corrected chi connectivity index (χ1v) is 8.62. The number of aromatic nitrogens is 2. The largest absolute Gasteiger partial charge is 0.315 e. The molecule has 0 aliphatic carbocycles. The predicted molar refractivity (Wildman–Crippen MR) is 99.3 cm³/mol. The van der Waals surface area contributed by atoms with Crippen molar-refractivity contribution in [3.05, 3.63) is 54.2 Å². The SMILES string of the molecule is CCc1ccc(-c2ccccc2)c2ncc(NC(=O)C3CNC3)nc12. The van der Waals surface area contributed by atoms with E-state index in [0.717, 1.165) is 47.2 Å². The van der Waals surface area contributed by atoms with Gasteiger partial charge in [-0.15, -0.1) is 0 Å². The van der Waals surface area contributed by atoms with Gasteiger partial charge in [0, 0.05) is 18.7 Å². The Morgan fingerprint density at radius 3 is 2.64 bits per heavy atom. The summed E-state index contributed by atoms with van der Waals surface area (Å²) in [5.74, 6) is 0.549. The maximum Gasteiger partial charge on any atom is 0.231 e. The number of fused-ring (bicyclic) bond motifs is 1. The van der Waals surface area contributed by atoms with Crippen molar-refractivity contribution in [1.29, 1.82) is 0 Å². The smallest absolute Gasteiger partial charge is 0.231 e. The van der Waals surface area contributed by atoms with Crippen LogP contribution in [0.3, 0.4) is 0 Å². The fourth-order valence-corrected chi connectivity index (χ4v) is 3.05. The predicted octanol–water partition coefficient (Wildman–Crippen LogP) is 3.02. The molecular formula is C20H20N4O. The third-order valence-corrected chi connectivity index (χ3v) is 4.65. The van der Waals surface area contributed by atoms with Gasteiger partial charge in [-0.3, -0.25) is 9.78 Å². The van der Waals surface area contributed by atoms with Gasteiger partial charge >= 0.3 is 0 Å². The van der Waals surface area contributed by atoms with E-state index in [0.29, 0.717) is 5.82 Å². The van der Waals surface area contributed by atoms with Gasteiger partial charge in [0.15, 0.2) is 5.82 Å². The van der Waals surface area contributed by atoms with Crippen molar-refractivity contribution in [1.82, 2.24) is 15.3 Å². The molecule has 1 aromatic heterocycles. The van der Waals surface area contributed by atoms with E-state index in [1.165, 1.54) is 0 Å². The Morgan fingerprint density at radius 1 is 1.16 bits per heavy atom. The average Bonchev–Trinajstić information content (AvgIpc) is 2.60. The lowest BCUT2D eigenvalue weighted by atomic mass is 10.00. The molecule has 0 atom stereocenters. The molecule has 2 N–H and O–H groups in total. The van der Waals surface area contributed by atoms with Gasteiger partial charge in [-0.2, -0.15) is 0 Å². The van der Waals surface area contributed by atoms with E-state index in [1.807, 2.05) is 18.2 Å². The zero-order chi connectivity index (χ0) is 17.2. The Labute approximate surface area is 146 Å². The third kappa shape index (κ3) is 2.98. The van der Waals surface area contributed by atoms with Crippen molar-refractivity contribution < 1.29 is 4.79 Å². The van der Waals surface area contributed by atoms with Crippen LogP contribution in [-0.4, -0.2) is 29.0 Å². The lowest BCUT2D eigenvalue weighted by Crippen LogP contribution is -2.48. The van der Waals surface area contributed by atoms with Crippen LogP contribution in [0, 0.1) is 5.92 Å². The van der Waals surface area contributed by atoms with Crippen LogP contribution in [0.2, 0.25) is 0 Å². The van der Waals surface area contributed by atoms with Crippen LogP contribution in [-0.2, 0) is 11.2 Å². The minimum absolute atomic E-state index is 0.00432. The van der Waals surface area contributed by atoms with Crippen molar-refractivity contribution in [2.75, 3.05) is 18.4 Å². The molecule has 126 valence electrons. The maximum absolute atomic E-state index is 12.2. The number of nitrogens with one attached hydrogen (secondary N) is 2. The van der Waals surface area contributed by atoms with Crippen molar-refractivity contribution in [3.8, 4) is 11.1 Å². The molecule has 0 radical (unpaired) electrons. The van der Waals surface area contributed by atoms with Gasteiger partial charge in [0.05, 0.1) is 23.1 Å². The van der Waals surface area contributed by atoms with Gasteiger partial charge in [0.25, 0.3) is 0 Å². The molecule has 25 heavy (non-hydrogen) atoms. The monoisotopic (exact) mass is 332 g/mol. The fraction of sp³-hybridized carbons (Fsp3) is 0.250. The summed E-state index contributed by atoms with van der Waals surface area (Å²) in [5.41, 5.74) is 5.02. The van der Waals surface area contributed by atoms with E-state index in [-0.39, 0.29) is 11.8 Å². The second-order valence-corrected chi connectivity index (χ2v) is 6.29. The molecule has 5 nitrogen and oxygen atoms in total. The zero-order valence-electron chi connectivity index (χ0n) is 14.1. The van der Waals surface area contributed by atoms with Gasteiger partial charge in [-0.1, -0.05) is 49.4 Å². The number of carbonyl (C=O) groups is 1. The number of hydrogen-bond donors (Lipinski definition) is 2. The van der Waals surface area contributed by atoms with E-state index in [2.05, 4.69) is 46.8 Å². The number of rotatable bonds is 4. The topological polar surface area (TPSA) is 66.9 Å². The first-order chi connectivity index (χ1) is 12.3. The van der Waals surface area contributed by atoms with Crippen LogP contribution in [0.1, 0.15) is 12.5 Å². The van der Waals surface area contributed by atoms with Gasteiger partial charge in [-0.25, -0.2) is 4.98 Å². The number of nitrogens with zero attached hydrogens (tertiary/aromatic N) is 2. The van der Waals surface area contributed by atoms with E-state index in [9.17, 15) is 4.79 Å². The summed E-state index contributed by atoms with van der Waals surface area (Å²) in [6.07, 6.45) is 2.52. The van der Waals surface area contributed by atoms with Crippen LogP contribution in [0.4, 0.5) is 5.82 Å². The standard InChI is InChI=1S/C20H20N4O/c1-2-13-8-9-16(14-6-4-3-5-7-14)19-18(13)23-17(12-22-19)24-20(25)15-10-21-11-15/h3-9,12,15,21H,2,10-11H2,1H3,(H,23,24,25). The summed E-state index contributed by atoms with van der Waals surface area (Å²) in [4.78, 5) is 21.5. The minimum Gasteiger partial charge on any atom is -0.315 e. The third-order valence-electron chi connectivity index (χ3n) is 4.65. The summed E-state index contributed by atoms with van der Waals surface area (Å²) in [7, 11) is 0. The Kier molecular flexibility index (Phi) is 4.15. The number of anilines is 1. The number of carbonyl (C=O) groups excluding carboxylic acids is 1. The number of benzene rings is 2. The summed E-state index contributed by atoms with van der Waals surface area (Å²) < 4.78 is 0. The van der Waals surface area contributed by atoms with Crippen LogP contribution in [0.25, 0.3) is 22.2 Å². The van der Waals surface area contributed by atoms with E-state index in [4.69, 9.17) is 4.98 Å². The van der Waals surface area contributed by atoms with Crippen LogP contribution in [0.15, 0.2) is 48.7 Å². The Morgan fingerprint density at radius 2 is 1.96 bits per heavy atom. The first-order valence-electron chi connectivity index (χ1n) is 8.62.